The van der Waals surface area contributed by atoms with Crippen LogP contribution in [-0.2, 0) is 16.0 Å². The Balaban J connectivity index is 1.58. The summed E-state index contributed by atoms with van der Waals surface area (Å²) >= 11 is 0. The molecule has 174 valence electrons. The second-order valence-corrected chi connectivity index (χ2v) is 7.23. The van der Waals surface area contributed by atoms with Crippen molar-refractivity contribution in [3.05, 3.63) is 66.1 Å². The maximum Gasteiger partial charge on any atom is 0.276 e. The highest BCUT2D eigenvalue weighted by atomic mass is 16.5. The lowest BCUT2D eigenvalue weighted by atomic mass is 10.1. The van der Waals surface area contributed by atoms with Crippen LogP contribution in [0.5, 0.6) is 5.75 Å². The van der Waals surface area contributed by atoms with Gasteiger partial charge in [-0.15, -0.1) is 0 Å². The summed E-state index contributed by atoms with van der Waals surface area (Å²) in [5.41, 5.74) is 1.76. The number of para-hydroxylation sites is 1. The summed E-state index contributed by atoms with van der Waals surface area (Å²) in [7, 11) is 3.12. The zero-order chi connectivity index (χ0) is 23.5. The van der Waals surface area contributed by atoms with E-state index >= 15 is 0 Å². The molecule has 0 aliphatic rings. The number of pyridine rings is 1. The number of amides is 2. The van der Waals surface area contributed by atoms with Crippen molar-refractivity contribution in [1.82, 2.24) is 20.4 Å². The van der Waals surface area contributed by atoms with Crippen LogP contribution in [-0.4, -0.2) is 67.3 Å². The van der Waals surface area contributed by atoms with E-state index in [0.717, 1.165) is 5.69 Å². The SMILES string of the molecule is COCCN(CCC(=O)NCCc1ccccn1)C(=O)c1cc(-c2ccccc2OC)on1. The lowest BCUT2D eigenvalue weighted by Gasteiger charge is -2.21. The lowest BCUT2D eigenvalue weighted by Crippen LogP contribution is -2.37. The zero-order valence-electron chi connectivity index (χ0n) is 18.8. The first kappa shape index (κ1) is 23.9. The molecule has 33 heavy (non-hydrogen) atoms. The Morgan fingerprint density at radius 3 is 2.67 bits per heavy atom. The molecule has 2 heterocycles. The molecular formula is C24H28N4O5. The number of ether oxygens (including phenoxy) is 2. The van der Waals surface area contributed by atoms with E-state index in [9.17, 15) is 9.59 Å². The van der Waals surface area contributed by atoms with Crippen LogP contribution in [0.3, 0.4) is 0 Å². The Morgan fingerprint density at radius 2 is 1.91 bits per heavy atom. The van der Waals surface area contributed by atoms with Crippen molar-refractivity contribution in [2.45, 2.75) is 12.8 Å². The second kappa shape index (κ2) is 12.4. The van der Waals surface area contributed by atoms with Crippen molar-refractivity contribution in [2.24, 2.45) is 0 Å². The molecule has 0 fully saturated rings. The van der Waals surface area contributed by atoms with Gasteiger partial charge < -0.3 is 24.2 Å². The van der Waals surface area contributed by atoms with Crippen LogP contribution in [0.4, 0.5) is 0 Å². The van der Waals surface area contributed by atoms with Gasteiger partial charge in [-0.2, -0.15) is 0 Å². The van der Waals surface area contributed by atoms with Crippen molar-refractivity contribution in [3.63, 3.8) is 0 Å². The average molecular weight is 453 g/mol. The third-order valence-electron chi connectivity index (χ3n) is 4.99. The molecule has 9 heteroatoms. The van der Waals surface area contributed by atoms with E-state index in [0.29, 0.717) is 43.2 Å². The van der Waals surface area contributed by atoms with E-state index in [1.165, 1.54) is 4.90 Å². The van der Waals surface area contributed by atoms with Crippen LogP contribution in [0.25, 0.3) is 11.3 Å². The highest BCUT2D eigenvalue weighted by Gasteiger charge is 2.22. The van der Waals surface area contributed by atoms with E-state index < -0.39 is 0 Å². The van der Waals surface area contributed by atoms with Crippen LogP contribution >= 0.6 is 0 Å². The van der Waals surface area contributed by atoms with E-state index in [2.05, 4.69) is 15.5 Å². The fraction of sp³-hybridized carbons (Fsp3) is 0.333. The number of aromatic nitrogens is 2. The molecule has 0 saturated heterocycles. The Morgan fingerprint density at radius 1 is 1.09 bits per heavy atom. The number of carbonyl (C=O) groups excluding carboxylic acids is 2. The summed E-state index contributed by atoms with van der Waals surface area (Å²) in [5.74, 6) is 0.565. The first-order valence-electron chi connectivity index (χ1n) is 10.7. The molecule has 0 unspecified atom stereocenters. The van der Waals surface area contributed by atoms with Gasteiger partial charge in [0.25, 0.3) is 5.91 Å². The van der Waals surface area contributed by atoms with Gasteiger partial charge in [-0.25, -0.2) is 0 Å². The van der Waals surface area contributed by atoms with Crippen molar-refractivity contribution >= 4 is 11.8 Å². The van der Waals surface area contributed by atoms with Gasteiger partial charge >= 0.3 is 0 Å². The quantitative estimate of drug-likeness (QED) is 0.450. The predicted molar refractivity (Wildman–Crippen MR) is 122 cm³/mol. The Bertz CT molecular complexity index is 1040. The third-order valence-corrected chi connectivity index (χ3v) is 4.99. The van der Waals surface area contributed by atoms with Crippen LogP contribution in [0.15, 0.2) is 59.3 Å². The summed E-state index contributed by atoms with van der Waals surface area (Å²) in [4.78, 5) is 31.1. The van der Waals surface area contributed by atoms with Gasteiger partial charge in [0.15, 0.2) is 11.5 Å². The van der Waals surface area contributed by atoms with Crippen LogP contribution in [0.1, 0.15) is 22.6 Å². The van der Waals surface area contributed by atoms with Crippen LogP contribution in [0.2, 0.25) is 0 Å². The van der Waals surface area contributed by atoms with Gasteiger partial charge in [0.1, 0.15) is 5.75 Å². The summed E-state index contributed by atoms with van der Waals surface area (Å²) in [5, 5.41) is 6.80. The number of nitrogens with one attached hydrogen (secondary N) is 1. The van der Waals surface area contributed by atoms with E-state index in [1.54, 1.807) is 32.5 Å². The van der Waals surface area contributed by atoms with Gasteiger partial charge in [-0.3, -0.25) is 14.6 Å². The molecule has 2 amide bonds. The van der Waals surface area contributed by atoms with Crippen LogP contribution in [0, 0.1) is 0 Å². The molecule has 3 aromatic rings. The summed E-state index contributed by atoms with van der Waals surface area (Å²) < 4.78 is 15.9. The fourth-order valence-corrected chi connectivity index (χ4v) is 3.23. The smallest absolute Gasteiger partial charge is 0.276 e. The molecular weight excluding hydrogens is 424 g/mol. The van der Waals surface area contributed by atoms with Crippen LogP contribution < -0.4 is 10.1 Å². The number of methoxy groups -OCH3 is 2. The number of carbonyl (C=O) groups is 2. The van der Waals surface area contributed by atoms with Gasteiger partial charge in [-0.05, 0) is 24.3 Å². The maximum absolute atomic E-state index is 13.0. The molecule has 2 aromatic heterocycles. The highest BCUT2D eigenvalue weighted by Crippen LogP contribution is 2.30. The number of hydrogen-bond acceptors (Lipinski definition) is 7. The van der Waals surface area contributed by atoms with Gasteiger partial charge in [0.05, 0.1) is 19.3 Å². The Labute approximate surface area is 192 Å². The molecule has 0 saturated carbocycles. The number of benzene rings is 1. The van der Waals surface area contributed by atoms with E-state index in [1.807, 2.05) is 36.4 Å². The minimum absolute atomic E-state index is 0.143. The van der Waals surface area contributed by atoms with Gasteiger partial charge in [0, 0.05) is 57.5 Å². The normalized spacial score (nSPS) is 10.6. The third kappa shape index (κ3) is 6.88. The van der Waals surface area contributed by atoms with Gasteiger partial charge in [0.2, 0.25) is 5.91 Å². The Kier molecular flexibility index (Phi) is 8.96. The minimum Gasteiger partial charge on any atom is -0.496 e. The molecule has 9 nitrogen and oxygen atoms in total. The monoisotopic (exact) mass is 452 g/mol. The van der Waals surface area contributed by atoms with Gasteiger partial charge in [-0.1, -0.05) is 23.4 Å². The standard InChI is InChI=1S/C24H28N4O5/c1-31-16-15-28(14-11-23(29)26-13-10-18-7-5-6-12-25-18)24(30)20-17-22(33-27-20)19-8-3-4-9-21(19)32-2/h3-9,12,17H,10-11,13-16H2,1-2H3,(H,26,29). The number of hydrogen-bond donors (Lipinski definition) is 1. The molecule has 1 aromatic carbocycles. The van der Waals surface area contributed by atoms with Crippen molar-refractivity contribution in [1.29, 1.82) is 0 Å². The fourth-order valence-electron chi connectivity index (χ4n) is 3.23. The van der Waals surface area contributed by atoms with E-state index in [-0.39, 0.29) is 30.5 Å². The zero-order valence-corrected chi connectivity index (χ0v) is 18.8. The first-order valence-corrected chi connectivity index (χ1v) is 10.7. The molecule has 0 spiro atoms. The molecule has 0 atom stereocenters. The topological polar surface area (TPSA) is 107 Å². The highest BCUT2D eigenvalue weighted by molar-refractivity contribution is 5.93. The molecule has 1 N–H and O–H groups in total. The van der Waals surface area contributed by atoms with Crippen molar-refractivity contribution < 1.29 is 23.6 Å². The average Bonchev–Trinajstić information content (AvgIpc) is 3.34. The second-order valence-electron chi connectivity index (χ2n) is 7.23. The van der Waals surface area contributed by atoms with Crippen molar-refractivity contribution in [2.75, 3.05) is 40.5 Å². The number of rotatable bonds is 12. The minimum atomic E-state index is -0.335. The Hall–Kier alpha value is -3.72. The molecule has 0 bridgehead atoms. The molecule has 0 radical (unpaired) electrons. The molecule has 3 rings (SSSR count). The maximum atomic E-state index is 13.0. The summed E-state index contributed by atoms with van der Waals surface area (Å²) in [6, 6.07) is 14.6. The number of nitrogens with zero attached hydrogens (tertiary/aromatic N) is 3. The van der Waals surface area contributed by atoms with Crippen molar-refractivity contribution in [3.8, 4) is 17.1 Å². The predicted octanol–water partition coefficient (Wildman–Crippen LogP) is 2.58. The van der Waals surface area contributed by atoms with E-state index in [4.69, 9.17) is 14.0 Å². The largest absolute Gasteiger partial charge is 0.496 e. The first-order chi connectivity index (χ1) is 16.1. The summed E-state index contributed by atoms with van der Waals surface area (Å²) in [6.45, 7) is 1.37. The summed E-state index contributed by atoms with van der Waals surface area (Å²) in [6.07, 6.45) is 2.53. The lowest BCUT2D eigenvalue weighted by molar-refractivity contribution is -0.121. The molecule has 0 aliphatic carbocycles. The molecule has 0 aliphatic heterocycles.